The average Bonchev–Trinajstić information content (AvgIpc) is 2.77. The minimum Gasteiger partial charge on any atom is -0.452 e. The third-order valence-corrected chi connectivity index (χ3v) is 5.62. The zero-order valence-electron chi connectivity index (χ0n) is 16.2. The number of para-hydroxylation sites is 2. The molecule has 6 nitrogen and oxygen atoms in total. The van der Waals surface area contributed by atoms with E-state index in [0.29, 0.717) is 22.9 Å². The second-order valence-corrected chi connectivity index (χ2v) is 7.58. The van der Waals surface area contributed by atoms with Gasteiger partial charge in [0, 0.05) is 0 Å². The van der Waals surface area contributed by atoms with Gasteiger partial charge in [-0.25, -0.2) is 4.79 Å². The molecule has 29 heavy (non-hydrogen) atoms. The fraction of sp³-hybridized carbons (Fsp3) is 0.348. The first kappa shape index (κ1) is 19.2. The molecule has 0 bridgehead atoms. The Labute approximate surface area is 169 Å². The maximum Gasteiger partial charge on any atom is 0.338 e. The van der Waals surface area contributed by atoms with Gasteiger partial charge < -0.3 is 10.1 Å². The molecule has 2 aromatic rings. The summed E-state index contributed by atoms with van der Waals surface area (Å²) in [6.45, 7) is -0.506. The van der Waals surface area contributed by atoms with E-state index in [-0.39, 0.29) is 12.5 Å². The lowest BCUT2D eigenvalue weighted by Gasteiger charge is -2.28. The molecule has 150 valence electrons. The van der Waals surface area contributed by atoms with Crippen molar-refractivity contribution in [2.75, 3.05) is 23.4 Å². The molecule has 6 heteroatoms. The Bertz CT molecular complexity index is 917. The van der Waals surface area contributed by atoms with Crippen LogP contribution in [0.1, 0.15) is 53.9 Å². The Morgan fingerprint density at radius 3 is 2.48 bits per heavy atom. The first-order chi connectivity index (χ1) is 14.1. The molecule has 2 amide bonds. The Morgan fingerprint density at radius 1 is 1.00 bits per heavy atom. The van der Waals surface area contributed by atoms with Gasteiger partial charge in [-0.05, 0) is 48.6 Å². The van der Waals surface area contributed by atoms with E-state index in [1.54, 1.807) is 36.4 Å². The highest BCUT2D eigenvalue weighted by Crippen LogP contribution is 2.32. The van der Waals surface area contributed by atoms with Crippen LogP contribution in [0.2, 0.25) is 0 Å². The van der Waals surface area contributed by atoms with Gasteiger partial charge in [0.15, 0.2) is 6.61 Å². The molecule has 1 aliphatic heterocycles. The van der Waals surface area contributed by atoms with E-state index < -0.39 is 18.5 Å². The summed E-state index contributed by atoms with van der Waals surface area (Å²) in [6.07, 6.45) is 6.22. The van der Waals surface area contributed by atoms with Crippen LogP contribution in [0, 0.1) is 0 Å². The van der Waals surface area contributed by atoms with Crippen molar-refractivity contribution in [3.8, 4) is 0 Å². The fourth-order valence-electron chi connectivity index (χ4n) is 4.07. The number of anilines is 2. The van der Waals surface area contributed by atoms with Crippen molar-refractivity contribution in [1.29, 1.82) is 0 Å². The number of esters is 1. The summed E-state index contributed by atoms with van der Waals surface area (Å²) in [5.41, 5.74) is 2.86. The molecule has 1 fully saturated rings. The van der Waals surface area contributed by atoms with Gasteiger partial charge in [-0.15, -0.1) is 0 Å². The Kier molecular flexibility index (Phi) is 5.60. The molecule has 1 saturated carbocycles. The molecule has 4 rings (SSSR count). The van der Waals surface area contributed by atoms with Gasteiger partial charge in [-0.1, -0.05) is 43.5 Å². The van der Waals surface area contributed by atoms with Crippen LogP contribution in [0.15, 0.2) is 48.5 Å². The summed E-state index contributed by atoms with van der Waals surface area (Å²) in [6, 6.07) is 14.5. The van der Waals surface area contributed by atoms with E-state index in [0.717, 1.165) is 0 Å². The molecule has 0 unspecified atom stereocenters. The normalized spacial score (nSPS) is 16.7. The summed E-state index contributed by atoms with van der Waals surface area (Å²) in [5.74, 6) is -0.676. The smallest absolute Gasteiger partial charge is 0.338 e. The van der Waals surface area contributed by atoms with E-state index in [1.807, 2.05) is 12.1 Å². The summed E-state index contributed by atoms with van der Waals surface area (Å²) in [5, 5.41) is 2.73. The van der Waals surface area contributed by atoms with Crippen LogP contribution in [0.5, 0.6) is 0 Å². The first-order valence-electron chi connectivity index (χ1n) is 10.1. The van der Waals surface area contributed by atoms with Crippen molar-refractivity contribution >= 4 is 29.2 Å². The lowest BCUT2D eigenvalue weighted by Crippen LogP contribution is -2.44. The van der Waals surface area contributed by atoms with Crippen LogP contribution in [-0.4, -0.2) is 30.9 Å². The highest BCUT2D eigenvalue weighted by molar-refractivity contribution is 6.10. The maximum atomic E-state index is 12.6. The summed E-state index contributed by atoms with van der Waals surface area (Å²) in [4.78, 5) is 38.1. The zero-order chi connectivity index (χ0) is 20.2. The quantitative estimate of drug-likeness (QED) is 0.802. The summed E-state index contributed by atoms with van der Waals surface area (Å²) in [7, 11) is 0. The van der Waals surface area contributed by atoms with E-state index in [4.69, 9.17) is 4.74 Å². The van der Waals surface area contributed by atoms with Crippen LogP contribution < -0.4 is 10.2 Å². The Morgan fingerprint density at radius 2 is 1.72 bits per heavy atom. The Hall–Kier alpha value is -3.15. The van der Waals surface area contributed by atoms with Crippen molar-refractivity contribution in [1.82, 2.24) is 0 Å². The number of rotatable bonds is 4. The van der Waals surface area contributed by atoms with Crippen LogP contribution in [0.25, 0.3) is 0 Å². The third kappa shape index (κ3) is 4.31. The number of fused-ring (bicyclic) bond motifs is 1. The van der Waals surface area contributed by atoms with Gasteiger partial charge >= 0.3 is 5.97 Å². The number of nitrogens with zero attached hydrogens (tertiary/aromatic N) is 1. The monoisotopic (exact) mass is 392 g/mol. The van der Waals surface area contributed by atoms with Crippen molar-refractivity contribution in [2.45, 2.75) is 38.0 Å². The topological polar surface area (TPSA) is 75.7 Å². The second-order valence-electron chi connectivity index (χ2n) is 7.58. The van der Waals surface area contributed by atoms with Crippen LogP contribution in [-0.2, 0) is 14.3 Å². The average molecular weight is 392 g/mol. The SMILES string of the molecule is O=C1CN(C(=O)COC(=O)c2ccc(C3CCCCC3)cc2)c2ccccc2N1. The first-order valence-corrected chi connectivity index (χ1v) is 10.1. The number of carbonyl (C=O) groups is 3. The predicted molar refractivity (Wildman–Crippen MR) is 110 cm³/mol. The van der Waals surface area contributed by atoms with Crippen LogP contribution in [0.4, 0.5) is 11.4 Å². The second kappa shape index (κ2) is 8.47. The number of benzene rings is 2. The number of nitrogens with one attached hydrogen (secondary N) is 1. The van der Waals surface area contributed by atoms with Crippen molar-refractivity contribution < 1.29 is 19.1 Å². The van der Waals surface area contributed by atoms with Gasteiger partial charge in [0.05, 0.1) is 16.9 Å². The fourth-order valence-corrected chi connectivity index (χ4v) is 4.07. The zero-order valence-corrected chi connectivity index (χ0v) is 16.2. The van der Waals surface area contributed by atoms with Gasteiger partial charge in [-0.2, -0.15) is 0 Å². The summed E-state index contributed by atoms with van der Waals surface area (Å²) >= 11 is 0. The molecule has 0 atom stereocenters. The van der Waals surface area contributed by atoms with E-state index in [2.05, 4.69) is 5.32 Å². The number of carbonyl (C=O) groups excluding carboxylic acids is 3. The molecule has 0 radical (unpaired) electrons. The number of amides is 2. The standard InChI is InChI=1S/C23H24N2O4/c26-21-14-25(20-9-5-4-8-19(20)24-21)22(27)15-29-23(28)18-12-10-17(11-13-18)16-6-2-1-3-7-16/h4-5,8-13,16H,1-3,6-7,14-15H2,(H,24,26). The lowest BCUT2D eigenvalue weighted by atomic mass is 9.84. The number of ether oxygens (including phenoxy) is 1. The Balaban J connectivity index is 1.37. The van der Waals surface area contributed by atoms with Crippen molar-refractivity contribution in [2.24, 2.45) is 0 Å². The van der Waals surface area contributed by atoms with Gasteiger partial charge in [0.25, 0.3) is 5.91 Å². The lowest BCUT2D eigenvalue weighted by molar-refractivity contribution is -0.124. The molecule has 2 aromatic carbocycles. The predicted octanol–water partition coefficient (Wildman–Crippen LogP) is 3.88. The number of hydrogen-bond donors (Lipinski definition) is 1. The molecule has 1 aliphatic carbocycles. The highest BCUT2D eigenvalue weighted by atomic mass is 16.5. The minimum absolute atomic E-state index is 0.0938. The van der Waals surface area contributed by atoms with E-state index >= 15 is 0 Å². The van der Waals surface area contributed by atoms with E-state index in [1.165, 1.54) is 42.6 Å². The van der Waals surface area contributed by atoms with Crippen molar-refractivity contribution in [3.05, 3.63) is 59.7 Å². The molecule has 0 spiro atoms. The minimum atomic E-state index is -0.539. The molecule has 1 heterocycles. The van der Waals surface area contributed by atoms with Gasteiger partial charge in [0.2, 0.25) is 5.91 Å². The number of hydrogen-bond acceptors (Lipinski definition) is 4. The van der Waals surface area contributed by atoms with Gasteiger partial charge in [0.1, 0.15) is 6.54 Å². The molecule has 2 aliphatic rings. The van der Waals surface area contributed by atoms with Crippen molar-refractivity contribution in [3.63, 3.8) is 0 Å². The molecular formula is C23H24N2O4. The highest BCUT2D eigenvalue weighted by Gasteiger charge is 2.27. The van der Waals surface area contributed by atoms with Crippen LogP contribution in [0.3, 0.4) is 0 Å². The molecule has 0 saturated heterocycles. The largest absolute Gasteiger partial charge is 0.452 e. The van der Waals surface area contributed by atoms with Gasteiger partial charge in [-0.3, -0.25) is 14.5 Å². The third-order valence-electron chi connectivity index (χ3n) is 5.62. The molecule has 1 N–H and O–H groups in total. The van der Waals surface area contributed by atoms with E-state index in [9.17, 15) is 14.4 Å². The van der Waals surface area contributed by atoms with Crippen LogP contribution >= 0.6 is 0 Å². The molecular weight excluding hydrogens is 368 g/mol. The maximum absolute atomic E-state index is 12.6. The molecule has 0 aromatic heterocycles. The summed E-state index contributed by atoms with van der Waals surface area (Å²) < 4.78 is 5.22.